The van der Waals surface area contributed by atoms with Gasteiger partial charge >= 0.3 is 0 Å². The van der Waals surface area contributed by atoms with Gasteiger partial charge in [0.05, 0.1) is 12.2 Å². The topological polar surface area (TPSA) is 18.5 Å². The quantitative estimate of drug-likeness (QED) is 0.408. The highest BCUT2D eigenvalue weighted by Crippen LogP contribution is 2.11. The van der Waals surface area contributed by atoms with Crippen LogP contribution < -0.4 is 0 Å². The standard InChI is InChI=1S/C10H17ClO2.Al.H/c1-8(2)12-7-10(5-6-11)13-9(3)4;;/h5-6,8-9,11H,1-4H3;;/q+1;;. The summed E-state index contributed by atoms with van der Waals surface area (Å²) in [6.45, 7) is 7.92. The molecule has 0 amide bonds. The highest BCUT2D eigenvalue weighted by Gasteiger charge is 2.05. The van der Waals surface area contributed by atoms with E-state index < -0.39 is 0 Å². The smallest absolute Gasteiger partial charge is 0.291 e. The predicted octanol–water partition coefficient (Wildman–Crippen LogP) is 1.70. The molecule has 0 atom stereocenters. The minimum atomic E-state index is 0.131. The predicted molar refractivity (Wildman–Crippen MR) is 57.2 cm³/mol. The molecular weight excluding hydrogens is 215 g/mol. The van der Waals surface area contributed by atoms with Gasteiger partial charge in [-0.3, -0.25) is 0 Å². The maximum absolute atomic E-state index is 5.56. The Kier molecular flexibility index (Phi) is 7.18. The Morgan fingerprint density at radius 1 is 1.14 bits per heavy atom. The Hall–Kier alpha value is -0.0975. The van der Waals surface area contributed by atoms with Gasteiger partial charge in [0.15, 0.2) is 5.54 Å². The van der Waals surface area contributed by atoms with Gasteiger partial charge in [0.2, 0.25) is 0 Å². The molecule has 4 heteroatoms. The van der Waals surface area contributed by atoms with E-state index in [0.29, 0.717) is 0 Å². The molecule has 0 aromatic carbocycles. The van der Waals surface area contributed by atoms with Crippen molar-refractivity contribution in [1.29, 1.82) is 0 Å². The van der Waals surface area contributed by atoms with Crippen molar-refractivity contribution in [2.24, 2.45) is 0 Å². The zero-order valence-corrected chi connectivity index (χ0v) is 11.5. The van der Waals surface area contributed by atoms with Crippen LogP contribution in [0.2, 0.25) is 0 Å². The van der Waals surface area contributed by atoms with Crippen LogP contribution in [0.1, 0.15) is 27.7 Å². The maximum Gasteiger partial charge on any atom is 0.291 e. The van der Waals surface area contributed by atoms with Crippen LogP contribution in [-0.2, 0) is 9.47 Å². The first-order valence-electron chi connectivity index (χ1n) is 4.65. The third-order valence-corrected chi connectivity index (χ3v) is 1.89. The Bertz CT molecular complexity index is 222. The normalized spacial score (nSPS) is 13.6. The van der Waals surface area contributed by atoms with Gasteiger partial charge in [-0.1, -0.05) is 0 Å². The summed E-state index contributed by atoms with van der Waals surface area (Å²) in [6, 6.07) is 0. The van der Waals surface area contributed by atoms with E-state index in [2.05, 4.69) is 0 Å². The summed E-state index contributed by atoms with van der Waals surface area (Å²) in [6.07, 6.45) is 2.04. The molecular formula is C10H18AlClO2+. The number of hydrogen-bond acceptors (Lipinski definition) is 2. The van der Waals surface area contributed by atoms with Crippen molar-refractivity contribution in [3.05, 3.63) is 22.0 Å². The molecule has 79 valence electrons. The fourth-order valence-corrected chi connectivity index (χ4v) is 1.51. The monoisotopic (exact) mass is 232 g/mol. The van der Waals surface area contributed by atoms with Gasteiger partial charge in [0.1, 0.15) is 17.4 Å². The van der Waals surface area contributed by atoms with Crippen LogP contribution in [0, 0.1) is 11.6 Å². The van der Waals surface area contributed by atoms with E-state index in [4.69, 9.17) is 21.1 Å². The molecule has 0 fully saturated rings. The molecule has 0 spiro atoms. The van der Waals surface area contributed by atoms with Gasteiger partial charge < -0.3 is 9.47 Å². The van der Waals surface area contributed by atoms with Crippen LogP contribution in [-0.4, -0.2) is 28.5 Å². The van der Waals surface area contributed by atoms with Crippen molar-refractivity contribution >= 4 is 16.3 Å². The summed E-state index contributed by atoms with van der Waals surface area (Å²) in [5.41, 5.74) is 1.54. The van der Waals surface area contributed by atoms with Crippen molar-refractivity contribution in [2.75, 3.05) is 0 Å². The molecule has 0 aromatic rings. The van der Waals surface area contributed by atoms with Crippen LogP contribution in [0.25, 0.3) is 0 Å². The minimum absolute atomic E-state index is 0.131. The molecule has 0 saturated heterocycles. The largest absolute Gasteiger partial charge is 0.512 e. The van der Waals surface area contributed by atoms with Crippen LogP contribution in [0.3, 0.4) is 0 Å². The number of hydrogen-bond donors (Lipinski definition) is 0. The lowest BCUT2D eigenvalue weighted by atomic mass is 10.4. The third kappa shape index (κ3) is 6.37. The second kappa shape index (κ2) is 7.23. The zero-order valence-electron chi connectivity index (χ0n) is 9.24. The molecule has 0 rings (SSSR count). The Morgan fingerprint density at radius 2 is 1.64 bits per heavy atom. The third-order valence-electron chi connectivity index (χ3n) is 1.23. The first-order valence-corrected chi connectivity index (χ1v) is 5.83. The molecule has 0 heterocycles. The lowest BCUT2D eigenvalue weighted by Gasteiger charge is -2.17. The average molecular weight is 233 g/mol. The minimum Gasteiger partial charge on any atom is -0.512 e. The molecule has 0 bridgehead atoms. The molecule has 14 heavy (non-hydrogen) atoms. The van der Waals surface area contributed by atoms with Crippen molar-refractivity contribution < 1.29 is 21.1 Å². The molecule has 0 N–H and O–H groups in total. The van der Waals surface area contributed by atoms with Gasteiger partial charge in [0, 0.05) is 10.7 Å². The summed E-state index contributed by atoms with van der Waals surface area (Å²) >= 11 is 6.44. The number of allylic oxidation sites excluding steroid dienone is 1. The van der Waals surface area contributed by atoms with E-state index in [1.54, 1.807) is 22.4 Å². The van der Waals surface area contributed by atoms with Crippen LogP contribution in [0.5, 0.6) is 0 Å². The first kappa shape index (κ1) is 13.9. The van der Waals surface area contributed by atoms with Crippen molar-refractivity contribution in [1.82, 2.24) is 0 Å². The Morgan fingerprint density at radius 3 is 2.00 bits per heavy atom. The molecule has 2 nitrogen and oxygen atoms in total. The van der Waals surface area contributed by atoms with E-state index in [1.165, 1.54) is 5.54 Å². The summed E-state index contributed by atoms with van der Waals surface area (Å²) in [4.78, 5) is 0. The second-order valence-corrected chi connectivity index (χ2v) is 4.34. The molecule has 0 saturated carbocycles. The molecule has 0 aromatic heterocycles. The van der Waals surface area contributed by atoms with Crippen molar-refractivity contribution in [2.45, 2.75) is 39.9 Å². The van der Waals surface area contributed by atoms with E-state index in [1.807, 2.05) is 27.7 Å². The number of rotatable bonds is 5. The van der Waals surface area contributed by atoms with E-state index in [9.17, 15) is 0 Å². The first-order chi connectivity index (χ1) is 6.47. The van der Waals surface area contributed by atoms with Gasteiger partial charge in [-0.2, -0.15) is 0 Å². The molecule has 1 radical (unpaired) electrons. The van der Waals surface area contributed by atoms with E-state index in [-0.39, 0.29) is 12.2 Å². The summed E-state index contributed by atoms with van der Waals surface area (Å²) in [5, 5.41) is 0. The maximum atomic E-state index is 5.56. The summed E-state index contributed by atoms with van der Waals surface area (Å²) in [5.74, 6) is 0.724. The van der Waals surface area contributed by atoms with Gasteiger partial charge in [0.25, 0.3) is 16.3 Å². The van der Waals surface area contributed by atoms with E-state index >= 15 is 0 Å². The number of ether oxygens (including phenoxy) is 2. The van der Waals surface area contributed by atoms with Crippen molar-refractivity contribution in [3.8, 4) is 0 Å². The average Bonchev–Trinajstić information content (AvgIpc) is 2.01. The van der Waals surface area contributed by atoms with Crippen LogP contribution in [0.4, 0.5) is 0 Å². The molecule has 0 aliphatic carbocycles. The highest BCUT2D eigenvalue weighted by molar-refractivity contribution is 6.20. The zero-order chi connectivity index (χ0) is 11.1. The summed E-state index contributed by atoms with van der Waals surface area (Å²) < 4.78 is 11.9. The molecule has 0 aliphatic rings. The van der Waals surface area contributed by atoms with Crippen LogP contribution >= 0.6 is 0 Å². The fourth-order valence-electron chi connectivity index (χ4n) is 0.856. The Balaban J connectivity index is 4.57. The number of halogens is 1. The van der Waals surface area contributed by atoms with E-state index in [0.717, 1.165) is 10.4 Å². The van der Waals surface area contributed by atoms with Crippen LogP contribution in [0.15, 0.2) is 22.0 Å². The lowest BCUT2D eigenvalue weighted by Crippen LogP contribution is -2.09. The summed E-state index contributed by atoms with van der Waals surface area (Å²) in [7, 11) is 0. The fraction of sp³-hybridized carbons (Fsp3) is 0.600. The van der Waals surface area contributed by atoms with Gasteiger partial charge in [-0.25, -0.2) is 0 Å². The molecule has 0 unspecified atom stereocenters. The van der Waals surface area contributed by atoms with Crippen molar-refractivity contribution in [3.63, 3.8) is 0 Å². The highest BCUT2D eigenvalue weighted by atomic mass is 35.5. The lowest BCUT2D eigenvalue weighted by molar-refractivity contribution is -0.275. The Labute approximate surface area is 99.3 Å². The van der Waals surface area contributed by atoms with Gasteiger partial charge in [-0.15, -0.1) is 0 Å². The molecule has 0 aliphatic heterocycles. The van der Waals surface area contributed by atoms with Gasteiger partial charge in [-0.05, 0) is 27.7 Å². The SMILES string of the molecule is CC(C)O[C]([AlH])=C(C=C[ClH+])OC(C)C. The second-order valence-electron chi connectivity index (χ2n) is 3.42.